The molecule has 6 nitrogen and oxygen atoms in total. The Morgan fingerprint density at radius 2 is 2.00 bits per heavy atom. The van der Waals surface area contributed by atoms with Gasteiger partial charge in [-0.15, -0.1) is 0 Å². The smallest absolute Gasteiger partial charge is 0.339 e. The van der Waals surface area contributed by atoms with Gasteiger partial charge in [0.25, 0.3) is 0 Å². The number of Topliss-reactive ketones (excluding diaryl/α,β-unsaturated/α-hetero) is 1. The van der Waals surface area contributed by atoms with Crippen LogP contribution in [-0.4, -0.2) is 32.6 Å². The van der Waals surface area contributed by atoms with Gasteiger partial charge in [0, 0.05) is 12.1 Å². The number of rotatable bonds is 4. The van der Waals surface area contributed by atoms with E-state index in [2.05, 4.69) is 34.3 Å². The van der Waals surface area contributed by atoms with E-state index in [0.717, 1.165) is 18.4 Å². The van der Waals surface area contributed by atoms with Crippen molar-refractivity contribution in [2.75, 3.05) is 0 Å². The second kappa shape index (κ2) is 7.54. The molecule has 144 valence electrons. The molecule has 1 fully saturated rings. The van der Waals surface area contributed by atoms with Crippen molar-refractivity contribution < 1.29 is 14.3 Å². The highest BCUT2D eigenvalue weighted by molar-refractivity contribution is 6.03. The summed E-state index contributed by atoms with van der Waals surface area (Å²) in [6.45, 7) is 4.45. The third-order valence-corrected chi connectivity index (χ3v) is 5.16. The van der Waals surface area contributed by atoms with E-state index in [1.54, 1.807) is 16.9 Å². The fourth-order valence-corrected chi connectivity index (χ4v) is 3.59. The van der Waals surface area contributed by atoms with Gasteiger partial charge >= 0.3 is 5.97 Å². The number of fused-ring (bicyclic) bond motifs is 1. The minimum absolute atomic E-state index is 0.0108. The summed E-state index contributed by atoms with van der Waals surface area (Å²) >= 11 is 0. The lowest BCUT2D eigenvalue weighted by molar-refractivity contribution is -0.129. The summed E-state index contributed by atoms with van der Waals surface area (Å²) in [5.41, 5.74) is 4.07. The van der Waals surface area contributed by atoms with Gasteiger partial charge in [-0.25, -0.2) is 14.5 Å². The number of hydrogen-bond acceptors (Lipinski definition) is 5. The molecule has 3 aromatic rings. The summed E-state index contributed by atoms with van der Waals surface area (Å²) in [6.07, 6.45) is 3.88. The van der Waals surface area contributed by atoms with Crippen LogP contribution in [0.25, 0.3) is 11.0 Å². The van der Waals surface area contributed by atoms with E-state index in [-0.39, 0.29) is 5.78 Å². The van der Waals surface area contributed by atoms with Crippen LogP contribution in [0, 0.1) is 13.8 Å². The topological polar surface area (TPSA) is 74.1 Å². The molecule has 0 saturated heterocycles. The van der Waals surface area contributed by atoms with E-state index in [9.17, 15) is 9.59 Å². The molecular weight excluding hydrogens is 354 g/mol. The van der Waals surface area contributed by atoms with Gasteiger partial charge in [0.1, 0.15) is 0 Å². The van der Waals surface area contributed by atoms with E-state index in [1.807, 2.05) is 13.8 Å². The summed E-state index contributed by atoms with van der Waals surface area (Å²) < 4.78 is 7.33. The SMILES string of the molecule is Cc1ccc(Cn2ncc3c(C(=O)O[C@@H]4CCCCC4=O)cc(C)nc32)cc1. The van der Waals surface area contributed by atoms with Crippen LogP contribution in [0.15, 0.2) is 36.5 Å². The Morgan fingerprint density at radius 3 is 2.75 bits per heavy atom. The van der Waals surface area contributed by atoms with Crippen LogP contribution in [0.1, 0.15) is 52.9 Å². The number of aromatic nitrogens is 3. The first-order valence-corrected chi connectivity index (χ1v) is 9.63. The van der Waals surface area contributed by atoms with Crippen molar-refractivity contribution in [2.45, 2.75) is 52.2 Å². The molecule has 1 aromatic carbocycles. The standard InChI is InChI=1S/C22H23N3O3/c1-14-7-9-16(10-8-14)13-25-21-18(12-23-25)17(11-15(2)24-21)22(27)28-20-6-4-3-5-19(20)26/h7-12,20H,3-6,13H2,1-2H3/t20-/m1/s1. The van der Waals surface area contributed by atoms with E-state index in [4.69, 9.17) is 4.74 Å². The van der Waals surface area contributed by atoms with Crippen LogP contribution in [0.3, 0.4) is 0 Å². The van der Waals surface area contributed by atoms with E-state index in [0.29, 0.717) is 41.7 Å². The first kappa shape index (κ1) is 18.3. The minimum Gasteiger partial charge on any atom is -0.451 e. The van der Waals surface area contributed by atoms with Crippen LogP contribution < -0.4 is 0 Å². The maximum Gasteiger partial charge on any atom is 0.339 e. The number of nitrogens with zero attached hydrogens (tertiary/aromatic N) is 3. The van der Waals surface area contributed by atoms with Gasteiger partial charge in [0.15, 0.2) is 17.5 Å². The monoisotopic (exact) mass is 377 g/mol. The normalized spacial score (nSPS) is 17.1. The van der Waals surface area contributed by atoms with E-state index < -0.39 is 12.1 Å². The molecule has 1 saturated carbocycles. The molecule has 2 heterocycles. The van der Waals surface area contributed by atoms with Crippen molar-refractivity contribution in [2.24, 2.45) is 0 Å². The molecule has 0 spiro atoms. The molecule has 1 aliphatic carbocycles. The van der Waals surface area contributed by atoms with Crippen molar-refractivity contribution >= 4 is 22.8 Å². The molecule has 0 N–H and O–H groups in total. The molecule has 0 aliphatic heterocycles. The number of carbonyl (C=O) groups excluding carboxylic acids is 2. The van der Waals surface area contributed by atoms with Crippen LogP contribution in [0.2, 0.25) is 0 Å². The van der Waals surface area contributed by atoms with E-state index in [1.165, 1.54) is 5.56 Å². The summed E-state index contributed by atoms with van der Waals surface area (Å²) in [5, 5.41) is 5.08. The Hall–Kier alpha value is -3.02. The zero-order valence-corrected chi connectivity index (χ0v) is 16.1. The average Bonchev–Trinajstić information content (AvgIpc) is 3.07. The summed E-state index contributed by atoms with van der Waals surface area (Å²) in [7, 11) is 0. The summed E-state index contributed by atoms with van der Waals surface area (Å²) in [4.78, 5) is 29.4. The highest BCUT2D eigenvalue weighted by Gasteiger charge is 2.27. The zero-order chi connectivity index (χ0) is 19.7. The Kier molecular flexibility index (Phi) is 4.94. The lowest BCUT2D eigenvalue weighted by atomic mass is 9.96. The predicted molar refractivity (Wildman–Crippen MR) is 105 cm³/mol. The molecule has 1 aliphatic rings. The van der Waals surface area contributed by atoms with Crippen LogP contribution in [0.5, 0.6) is 0 Å². The number of pyridine rings is 1. The van der Waals surface area contributed by atoms with Gasteiger partial charge in [-0.1, -0.05) is 29.8 Å². The quantitative estimate of drug-likeness (QED) is 0.647. The number of esters is 1. The first-order valence-electron chi connectivity index (χ1n) is 9.63. The zero-order valence-electron chi connectivity index (χ0n) is 16.1. The highest BCUT2D eigenvalue weighted by Crippen LogP contribution is 2.23. The summed E-state index contributed by atoms with van der Waals surface area (Å²) in [5.74, 6) is -0.470. The van der Waals surface area contributed by atoms with E-state index >= 15 is 0 Å². The van der Waals surface area contributed by atoms with Crippen molar-refractivity contribution in [1.29, 1.82) is 0 Å². The summed E-state index contributed by atoms with van der Waals surface area (Å²) in [6, 6.07) is 9.94. The van der Waals surface area contributed by atoms with Gasteiger partial charge < -0.3 is 4.74 Å². The number of ether oxygens (including phenoxy) is 1. The Morgan fingerprint density at radius 1 is 1.21 bits per heavy atom. The Labute approximate surface area is 163 Å². The molecule has 0 amide bonds. The molecular formula is C22H23N3O3. The van der Waals surface area contributed by atoms with Gasteiger partial charge in [0.2, 0.25) is 0 Å². The molecule has 28 heavy (non-hydrogen) atoms. The maximum absolute atomic E-state index is 12.8. The molecule has 0 radical (unpaired) electrons. The van der Waals surface area contributed by atoms with Gasteiger partial charge in [0.05, 0.1) is 23.7 Å². The number of benzene rings is 1. The van der Waals surface area contributed by atoms with Crippen LogP contribution in [0.4, 0.5) is 0 Å². The van der Waals surface area contributed by atoms with Crippen molar-refractivity contribution in [3.05, 3.63) is 58.9 Å². The lowest BCUT2D eigenvalue weighted by Crippen LogP contribution is -2.30. The first-order chi connectivity index (χ1) is 13.5. The van der Waals surface area contributed by atoms with Crippen molar-refractivity contribution in [1.82, 2.24) is 14.8 Å². The maximum atomic E-state index is 12.8. The average molecular weight is 377 g/mol. The Bertz CT molecular complexity index is 1040. The van der Waals surface area contributed by atoms with Crippen LogP contribution >= 0.6 is 0 Å². The molecule has 6 heteroatoms. The van der Waals surface area contributed by atoms with Gasteiger partial charge in [-0.05, 0) is 44.7 Å². The molecule has 2 aromatic heterocycles. The fraction of sp³-hybridized carbons (Fsp3) is 0.364. The Balaban J connectivity index is 1.64. The molecule has 1 atom stereocenters. The number of aryl methyl sites for hydroxylation is 2. The van der Waals surface area contributed by atoms with Crippen molar-refractivity contribution in [3.8, 4) is 0 Å². The molecule has 4 rings (SSSR count). The molecule has 0 unspecified atom stereocenters. The number of hydrogen-bond donors (Lipinski definition) is 0. The van der Waals surface area contributed by atoms with Gasteiger partial charge in [-0.2, -0.15) is 5.10 Å². The fourth-order valence-electron chi connectivity index (χ4n) is 3.59. The van der Waals surface area contributed by atoms with Crippen molar-refractivity contribution in [3.63, 3.8) is 0 Å². The lowest BCUT2D eigenvalue weighted by Gasteiger charge is -2.20. The predicted octanol–water partition coefficient (Wildman–Crippen LogP) is 3.76. The van der Waals surface area contributed by atoms with Crippen LogP contribution in [-0.2, 0) is 16.1 Å². The number of ketones is 1. The minimum atomic E-state index is -0.632. The second-order valence-electron chi connectivity index (χ2n) is 7.44. The highest BCUT2D eigenvalue weighted by atomic mass is 16.5. The second-order valence-corrected chi connectivity index (χ2v) is 7.44. The third-order valence-electron chi connectivity index (χ3n) is 5.16. The van der Waals surface area contributed by atoms with Gasteiger partial charge in [-0.3, -0.25) is 4.79 Å². The third kappa shape index (κ3) is 3.67. The molecule has 0 bridgehead atoms. The number of carbonyl (C=O) groups is 2. The largest absolute Gasteiger partial charge is 0.451 e.